The van der Waals surface area contributed by atoms with E-state index in [0.717, 1.165) is 12.0 Å². The third-order valence-corrected chi connectivity index (χ3v) is 5.52. The fraction of sp³-hybridized carbons (Fsp3) is 0.348. The Bertz CT molecular complexity index is 1010. The maximum absolute atomic E-state index is 13.0. The molecule has 0 radical (unpaired) electrons. The van der Waals surface area contributed by atoms with E-state index < -0.39 is 40.8 Å². The zero-order valence-electron chi connectivity index (χ0n) is 18.3. The molecule has 1 saturated heterocycles. The van der Waals surface area contributed by atoms with Gasteiger partial charge in [-0.25, -0.2) is 0 Å². The lowest BCUT2D eigenvalue weighted by Crippen LogP contribution is -2.55. The fourth-order valence-electron chi connectivity index (χ4n) is 3.77. The van der Waals surface area contributed by atoms with Gasteiger partial charge in [0.25, 0.3) is 5.69 Å². The lowest BCUT2D eigenvalue weighted by Gasteiger charge is -2.26. The van der Waals surface area contributed by atoms with Gasteiger partial charge in [0.1, 0.15) is 12.1 Å². The summed E-state index contributed by atoms with van der Waals surface area (Å²) in [5, 5.41) is 15.9. The second-order valence-corrected chi connectivity index (χ2v) is 8.02. The minimum absolute atomic E-state index is 0.0391. The molecule has 10 nitrogen and oxygen atoms in total. The molecule has 2 aromatic carbocycles. The molecule has 3 amide bonds. The molecule has 0 bridgehead atoms. The highest BCUT2D eigenvalue weighted by Crippen LogP contribution is 2.27. The number of anilines is 1. The Hall–Kier alpha value is -3.79. The predicted octanol–water partition coefficient (Wildman–Crippen LogP) is 1.28. The monoisotopic (exact) mass is 453 g/mol. The van der Waals surface area contributed by atoms with Crippen LogP contribution in [0.1, 0.15) is 25.3 Å². The van der Waals surface area contributed by atoms with Crippen molar-refractivity contribution in [1.82, 2.24) is 10.6 Å². The third-order valence-electron chi connectivity index (χ3n) is 5.52. The summed E-state index contributed by atoms with van der Waals surface area (Å²) in [6.07, 6.45) is 1.47. The van der Waals surface area contributed by atoms with Crippen LogP contribution < -0.4 is 21.3 Å². The van der Waals surface area contributed by atoms with Gasteiger partial charge in [-0.2, -0.15) is 0 Å². The molecule has 10 heteroatoms. The van der Waals surface area contributed by atoms with Gasteiger partial charge >= 0.3 is 0 Å². The van der Waals surface area contributed by atoms with E-state index in [1.807, 2.05) is 35.2 Å². The minimum atomic E-state index is -0.968. The Kier molecular flexibility index (Phi) is 7.73. The van der Waals surface area contributed by atoms with E-state index in [2.05, 4.69) is 10.6 Å². The summed E-state index contributed by atoms with van der Waals surface area (Å²) in [4.78, 5) is 50.3. The maximum atomic E-state index is 13.0. The fourth-order valence-corrected chi connectivity index (χ4v) is 3.77. The average molecular weight is 453 g/mol. The van der Waals surface area contributed by atoms with Crippen LogP contribution in [0.15, 0.2) is 54.6 Å². The van der Waals surface area contributed by atoms with Crippen LogP contribution in [0.3, 0.4) is 0 Å². The quantitative estimate of drug-likeness (QED) is 0.403. The molecule has 4 N–H and O–H groups in total. The number of nitrogens with zero attached hydrogens (tertiary/aromatic N) is 2. The van der Waals surface area contributed by atoms with Crippen LogP contribution in [-0.2, 0) is 20.8 Å². The highest BCUT2D eigenvalue weighted by molar-refractivity contribution is 6.02. The van der Waals surface area contributed by atoms with Gasteiger partial charge < -0.3 is 16.0 Å². The molecule has 0 unspecified atom stereocenters. The maximum Gasteiger partial charge on any atom is 0.269 e. The summed E-state index contributed by atoms with van der Waals surface area (Å²) >= 11 is 0. The van der Waals surface area contributed by atoms with Crippen molar-refractivity contribution in [3.8, 4) is 0 Å². The van der Waals surface area contributed by atoms with Gasteiger partial charge in [-0.3, -0.25) is 29.8 Å². The molecule has 1 aliphatic heterocycles. The lowest BCUT2D eigenvalue weighted by atomic mass is 10.0. The van der Waals surface area contributed by atoms with Gasteiger partial charge in [0.2, 0.25) is 17.7 Å². The minimum Gasteiger partial charge on any atom is -0.360 e. The number of hydrogen-bond donors (Lipinski definition) is 3. The van der Waals surface area contributed by atoms with Crippen molar-refractivity contribution in [3.05, 3.63) is 70.3 Å². The van der Waals surface area contributed by atoms with Crippen LogP contribution in [0.4, 0.5) is 11.4 Å². The number of imide groups is 1. The van der Waals surface area contributed by atoms with Gasteiger partial charge in [-0.15, -0.1) is 0 Å². The second-order valence-electron chi connectivity index (χ2n) is 8.02. The molecule has 33 heavy (non-hydrogen) atoms. The topological polar surface area (TPSA) is 148 Å². The highest BCUT2D eigenvalue weighted by Gasteiger charge is 2.33. The Morgan fingerprint density at radius 2 is 1.79 bits per heavy atom. The molecule has 174 valence electrons. The molecule has 1 fully saturated rings. The van der Waals surface area contributed by atoms with E-state index >= 15 is 0 Å². The van der Waals surface area contributed by atoms with Crippen LogP contribution in [-0.4, -0.2) is 47.3 Å². The summed E-state index contributed by atoms with van der Waals surface area (Å²) < 4.78 is 0. The number of rotatable bonds is 8. The Labute approximate surface area is 191 Å². The van der Waals surface area contributed by atoms with Crippen molar-refractivity contribution in [2.75, 3.05) is 11.4 Å². The van der Waals surface area contributed by atoms with Gasteiger partial charge in [0.15, 0.2) is 0 Å². The molecule has 1 heterocycles. The normalized spacial score (nSPS) is 17.2. The molecule has 3 rings (SSSR count). The first kappa shape index (κ1) is 23.9. The molecule has 0 saturated carbocycles. The lowest BCUT2D eigenvalue weighted by molar-refractivity contribution is -0.384. The van der Waals surface area contributed by atoms with Crippen LogP contribution in [0.5, 0.6) is 0 Å². The van der Waals surface area contributed by atoms with Gasteiger partial charge in [0.05, 0.1) is 11.0 Å². The van der Waals surface area contributed by atoms with E-state index in [4.69, 9.17) is 5.73 Å². The number of amides is 3. The van der Waals surface area contributed by atoms with E-state index in [0.29, 0.717) is 18.7 Å². The summed E-state index contributed by atoms with van der Waals surface area (Å²) in [7, 11) is 0. The average Bonchev–Trinajstić information content (AvgIpc) is 3.29. The number of benzene rings is 2. The largest absolute Gasteiger partial charge is 0.360 e. The second kappa shape index (κ2) is 10.7. The van der Waals surface area contributed by atoms with E-state index in [1.165, 1.54) is 19.1 Å². The number of non-ortho nitro benzene ring substituents is 1. The van der Waals surface area contributed by atoms with Crippen LogP contribution in [0.25, 0.3) is 0 Å². The third kappa shape index (κ3) is 6.13. The molecule has 2 aromatic rings. The Morgan fingerprint density at radius 3 is 2.39 bits per heavy atom. The highest BCUT2D eigenvalue weighted by atomic mass is 16.6. The zero-order valence-corrected chi connectivity index (χ0v) is 18.3. The van der Waals surface area contributed by atoms with Crippen molar-refractivity contribution in [3.63, 3.8) is 0 Å². The molecule has 0 aromatic heterocycles. The summed E-state index contributed by atoms with van der Waals surface area (Å²) in [5.41, 5.74) is 7.08. The number of nitro groups is 1. The van der Waals surface area contributed by atoms with Crippen molar-refractivity contribution in [1.29, 1.82) is 0 Å². The zero-order chi connectivity index (χ0) is 24.0. The summed E-state index contributed by atoms with van der Waals surface area (Å²) in [5.74, 6) is -1.59. The Balaban J connectivity index is 1.71. The van der Waals surface area contributed by atoms with Crippen LogP contribution in [0.2, 0.25) is 0 Å². The SMILES string of the molecule is C[C@H](N)C(=O)N[C@@H](Cc1ccccc1)C(=O)NC(=O)[C@@H]1CCCN1c1ccc([N+](=O)[O-])cc1. The van der Waals surface area contributed by atoms with Crippen molar-refractivity contribution < 1.29 is 19.3 Å². The molecular weight excluding hydrogens is 426 g/mol. The number of nitro benzene ring substituents is 1. The summed E-state index contributed by atoms with van der Waals surface area (Å²) in [6, 6.07) is 12.7. The van der Waals surface area contributed by atoms with Crippen molar-refractivity contribution in [2.45, 2.75) is 44.3 Å². The molecule has 1 aliphatic rings. The van der Waals surface area contributed by atoms with Crippen LogP contribution in [0, 0.1) is 10.1 Å². The standard InChI is InChI=1S/C23H27N5O5/c1-15(24)21(29)25-19(14-16-6-3-2-4-7-16)22(30)26-23(31)20-8-5-13-27(20)17-9-11-18(12-10-17)28(32)33/h2-4,6-7,9-12,15,19-20H,5,8,13-14,24H2,1H3,(H,25,29)(H,26,30,31)/t15-,19-,20-/m0/s1. The van der Waals surface area contributed by atoms with Gasteiger partial charge in [-0.1, -0.05) is 30.3 Å². The van der Waals surface area contributed by atoms with E-state index in [1.54, 1.807) is 12.1 Å². The molecule has 0 spiro atoms. The first-order chi connectivity index (χ1) is 15.8. The van der Waals surface area contributed by atoms with Crippen LogP contribution >= 0.6 is 0 Å². The first-order valence-electron chi connectivity index (χ1n) is 10.7. The molecule has 3 atom stereocenters. The number of nitrogens with one attached hydrogen (secondary N) is 2. The van der Waals surface area contributed by atoms with E-state index in [-0.39, 0.29) is 12.1 Å². The molecule has 0 aliphatic carbocycles. The predicted molar refractivity (Wildman–Crippen MR) is 122 cm³/mol. The molecular formula is C23H27N5O5. The van der Waals surface area contributed by atoms with Gasteiger partial charge in [-0.05, 0) is 37.5 Å². The first-order valence-corrected chi connectivity index (χ1v) is 10.7. The number of carbonyl (C=O) groups excluding carboxylic acids is 3. The number of carbonyl (C=O) groups is 3. The number of hydrogen-bond acceptors (Lipinski definition) is 7. The smallest absolute Gasteiger partial charge is 0.269 e. The Morgan fingerprint density at radius 1 is 1.12 bits per heavy atom. The number of nitrogens with two attached hydrogens (primary N) is 1. The van der Waals surface area contributed by atoms with Gasteiger partial charge in [0, 0.05) is 30.8 Å². The van der Waals surface area contributed by atoms with Crippen molar-refractivity contribution in [2.24, 2.45) is 5.73 Å². The van der Waals surface area contributed by atoms with E-state index in [9.17, 15) is 24.5 Å². The summed E-state index contributed by atoms with van der Waals surface area (Å²) in [6.45, 7) is 2.09. The van der Waals surface area contributed by atoms with Crippen molar-refractivity contribution >= 4 is 29.1 Å².